The zero-order valence-electron chi connectivity index (χ0n) is 19.0. The molecule has 0 amide bonds. The van der Waals surface area contributed by atoms with Gasteiger partial charge in [-0.3, -0.25) is 4.79 Å². The Morgan fingerprint density at radius 2 is 2.03 bits per heavy atom. The molecular formula is C26H39NO3. The molecule has 1 unspecified atom stereocenters. The molecule has 0 saturated heterocycles. The summed E-state index contributed by atoms with van der Waals surface area (Å²) in [5.41, 5.74) is 3.22. The fraction of sp³-hybridized carbons (Fsp3) is 0.731. The van der Waals surface area contributed by atoms with Crippen LogP contribution in [0.1, 0.15) is 102 Å². The second kappa shape index (κ2) is 9.00. The standard InChI is InChI=1S/C26H39NO3/c1-4-5-6-7-19-8-11-25-24-14-18(16-29-27)23-15-20(30-17(2)28)9-10-21(23)22(24)12-13-26(19,25)3/h9-10,15,18-19,22,24-25H,4-8,11-14,16,27H2,1-3H3/t18-,19?,22+,24+,25-,26+/m0/s1. The van der Waals surface area contributed by atoms with Gasteiger partial charge in [0.05, 0.1) is 6.61 Å². The Labute approximate surface area is 181 Å². The van der Waals surface area contributed by atoms with Crippen molar-refractivity contribution in [1.82, 2.24) is 0 Å². The quantitative estimate of drug-likeness (QED) is 0.254. The molecule has 0 spiro atoms. The van der Waals surface area contributed by atoms with Crippen molar-refractivity contribution in [2.24, 2.45) is 29.1 Å². The lowest BCUT2D eigenvalue weighted by Crippen LogP contribution is -2.43. The van der Waals surface area contributed by atoms with Gasteiger partial charge in [0.2, 0.25) is 0 Å². The lowest BCUT2D eigenvalue weighted by Gasteiger charge is -2.52. The van der Waals surface area contributed by atoms with E-state index in [0.29, 0.717) is 29.6 Å². The lowest BCUT2D eigenvalue weighted by molar-refractivity contribution is -0.131. The minimum Gasteiger partial charge on any atom is -0.427 e. The van der Waals surface area contributed by atoms with Crippen molar-refractivity contribution >= 4 is 5.97 Å². The van der Waals surface area contributed by atoms with Gasteiger partial charge >= 0.3 is 5.97 Å². The first-order chi connectivity index (χ1) is 14.5. The maximum atomic E-state index is 11.4. The number of hydrogen-bond donors (Lipinski definition) is 1. The summed E-state index contributed by atoms with van der Waals surface area (Å²) in [6, 6.07) is 6.25. The summed E-state index contributed by atoms with van der Waals surface area (Å²) >= 11 is 0. The number of hydrogen-bond acceptors (Lipinski definition) is 4. The molecule has 4 nitrogen and oxygen atoms in total. The van der Waals surface area contributed by atoms with Gasteiger partial charge in [0.15, 0.2) is 0 Å². The van der Waals surface area contributed by atoms with Crippen molar-refractivity contribution in [1.29, 1.82) is 0 Å². The van der Waals surface area contributed by atoms with Gasteiger partial charge in [-0.25, -0.2) is 5.90 Å². The molecule has 2 fully saturated rings. The van der Waals surface area contributed by atoms with Crippen molar-refractivity contribution in [3.63, 3.8) is 0 Å². The van der Waals surface area contributed by atoms with Crippen LogP contribution >= 0.6 is 0 Å². The summed E-state index contributed by atoms with van der Waals surface area (Å²) in [5.74, 6) is 9.22. The number of carbonyl (C=O) groups is 1. The normalized spacial score (nSPS) is 34.7. The van der Waals surface area contributed by atoms with Crippen LogP contribution in [0.25, 0.3) is 0 Å². The molecule has 4 heteroatoms. The first kappa shape index (κ1) is 21.8. The number of fused-ring (bicyclic) bond motifs is 5. The van der Waals surface area contributed by atoms with E-state index in [0.717, 1.165) is 18.3 Å². The van der Waals surface area contributed by atoms with Crippen LogP contribution in [-0.2, 0) is 9.63 Å². The molecule has 0 bridgehead atoms. The van der Waals surface area contributed by atoms with Crippen LogP contribution < -0.4 is 10.6 Å². The average Bonchev–Trinajstić information content (AvgIpc) is 3.05. The highest BCUT2D eigenvalue weighted by molar-refractivity contribution is 5.69. The molecule has 0 radical (unpaired) electrons. The zero-order valence-corrected chi connectivity index (χ0v) is 19.0. The SMILES string of the molecule is CCCCCC1CC[C@H]2[C@@H]3C[C@@H](CON)c4cc(OC(C)=O)ccc4[C@H]3CC[C@]12C. The molecule has 0 heterocycles. The van der Waals surface area contributed by atoms with Gasteiger partial charge < -0.3 is 9.57 Å². The third-order valence-corrected chi connectivity index (χ3v) is 8.80. The fourth-order valence-corrected chi connectivity index (χ4v) is 7.43. The number of unbranched alkanes of at least 4 members (excludes halogenated alkanes) is 2. The fourth-order valence-electron chi connectivity index (χ4n) is 7.43. The van der Waals surface area contributed by atoms with Crippen molar-refractivity contribution in [3.8, 4) is 5.75 Å². The van der Waals surface area contributed by atoms with Crippen molar-refractivity contribution in [2.75, 3.05) is 6.61 Å². The summed E-state index contributed by atoms with van der Waals surface area (Å²) in [4.78, 5) is 16.6. The smallest absolute Gasteiger partial charge is 0.308 e. The summed E-state index contributed by atoms with van der Waals surface area (Å²) in [6.45, 7) is 6.89. The van der Waals surface area contributed by atoms with Gasteiger partial charge in [-0.05, 0) is 90.9 Å². The van der Waals surface area contributed by atoms with Crippen molar-refractivity contribution < 1.29 is 14.4 Å². The maximum absolute atomic E-state index is 11.4. The molecule has 3 aliphatic rings. The summed E-state index contributed by atoms with van der Waals surface area (Å²) in [7, 11) is 0. The Bertz CT molecular complexity index is 763. The average molecular weight is 414 g/mol. The topological polar surface area (TPSA) is 61.6 Å². The number of esters is 1. The largest absolute Gasteiger partial charge is 0.427 e. The monoisotopic (exact) mass is 413 g/mol. The predicted octanol–water partition coefficient (Wildman–Crippen LogP) is 6.10. The van der Waals surface area contributed by atoms with Crippen LogP contribution in [0, 0.1) is 23.2 Å². The molecule has 1 aromatic rings. The molecular weight excluding hydrogens is 374 g/mol. The second-order valence-electron chi connectivity index (χ2n) is 10.3. The number of nitrogens with two attached hydrogens (primary N) is 1. The Morgan fingerprint density at radius 1 is 1.20 bits per heavy atom. The van der Waals surface area contributed by atoms with E-state index in [4.69, 9.17) is 15.5 Å². The van der Waals surface area contributed by atoms with E-state index in [9.17, 15) is 4.79 Å². The number of rotatable bonds is 7. The van der Waals surface area contributed by atoms with Gasteiger partial charge in [-0.2, -0.15) is 0 Å². The van der Waals surface area contributed by atoms with Gasteiger partial charge in [0.1, 0.15) is 5.75 Å². The van der Waals surface area contributed by atoms with Gasteiger partial charge in [0, 0.05) is 12.8 Å². The van der Waals surface area contributed by atoms with E-state index >= 15 is 0 Å². The van der Waals surface area contributed by atoms with Crippen LogP contribution in [0.2, 0.25) is 0 Å². The molecule has 166 valence electrons. The van der Waals surface area contributed by atoms with Gasteiger partial charge in [-0.15, -0.1) is 0 Å². The van der Waals surface area contributed by atoms with E-state index in [1.54, 1.807) is 0 Å². The molecule has 4 rings (SSSR count). The first-order valence-corrected chi connectivity index (χ1v) is 12.1. The minimum atomic E-state index is -0.274. The van der Waals surface area contributed by atoms with Crippen LogP contribution in [0.15, 0.2) is 18.2 Å². The Morgan fingerprint density at radius 3 is 2.77 bits per heavy atom. The number of carbonyl (C=O) groups excluding carboxylic acids is 1. The zero-order chi connectivity index (χ0) is 21.3. The molecule has 6 atom stereocenters. The predicted molar refractivity (Wildman–Crippen MR) is 119 cm³/mol. The van der Waals surface area contributed by atoms with E-state index in [2.05, 4.69) is 26.0 Å². The Kier molecular flexibility index (Phi) is 6.55. The summed E-state index contributed by atoms with van der Waals surface area (Å²) < 4.78 is 5.38. The third kappa shape index (κ3) is 3.93. The van der Waals surface area contributed by atoms with Gasteiger partial charge in [0.25, 0.3) is 0 Å². The highest BCUT2D eigenvalue weighted by atomic mass is 16.6. The highest BCUT2D eigenvalue weighted by Crippen LogP contribution is 2.65. The molecule has 0 aliphatic heterocycles. The molecule has 0 aromatic heterocycles. The van der Waals surface area contributed by atoms with Crippen LogP contribution in [0.3, 0.4) is 0 Å². The molecule has 3 aliphatic carbocycles. The first-order valence-electron chi connectivity index (χ1n) is 12.1. The van der Waals surface area contributed by atoms with Crippen LogP contribution in [0.4, 0.5) is 0 Å². The van der Waals surface area contributed by atoms with Crippen LogP contribution in [-0.4, -0.2) is 12.6 Å². The van der Waals surface area contributed by atoms with Crippen molar-refractivity contribution in [2.45, 2.75) is 90.4 Å². The van der Waals surface area contributed by atoms with Crippen molar-refractivity contribution in [3.05, 3.63) is 29.3 Å². The highest BCUT2D eigenvalue weighted by Gasteiger charge is 2.55. The van der Waals surface area contributed by atoms with E-state index < -0.39 is 0 Å². The van der Waals surface area contributed by atoms with Crippen LogP contribution in [0.5, 0.6) is 5.75 Å². The summed E-state index contributed by atoms with van der Waals surface area (Å²) in [6.07, 6.45) is 12.0. The maximum Gasteiger partial charge on any atom is 0.308 e. The minimum absolute atomic E-state index is 0.274. The lowest BCUT2D eigenvalue weighted by atomic mass is 9.52. The summed E-state index contributed by atoms with van der Waals surface area (Å²) in [5, 5.41) is 0. The van der Waals surface area contributed by atoms with E-state index in [1.165, 1.54) is 69.4 Å². The molecule has 1 aromatic carbocycles. The van der Waals surface area contributed by atoms with E-state index in [-0.39, 0.29) is 11.9 Å². The molecule has 2 saturated carbocycles. The molecule has 2 N–H and O–H groups in total. The Hall–Kier alpha value is -1.39. The Balaban J connectivity index is 1.60. The third-order valence-electron chi connectivity index (χ3n) is 8.80. The molecule has 30 heavy (non-hydrogen) atoms. The number of benzene rings is 1. The van der Waals surface area contributed by atoms with E-state index in [1.807, 2.05) is 6.07 Å². The van der Waals surface area contributed by atoms with Gasteiger partial charge in [-0.1, -0.05) is 39.2 Å². The number of ether oxygens (including phenoxy) is 1. The second-order valence-corrected chi connectivity index (χ2v) is 10.3.